The Balaban J connectivity index is 1.86. The highest BCUT2D eigenvalue weighted by molar-refractivity contribution is 7.71. The van der Waals surface area contributed by atoms with Gasteiger partial charge in [-0.15, -0.1) is 0 Å². The molecule has 180 valence electrons. The average molecular weight is 497 g/mol. The molecule has 0 aliphatic rings. The zero-order chi connectivity index (χ0) is 25.4. The van der Waals surface area contributed by atoms with Crippen molar-refractivity contribution in [3.63, 3.8) is 0 Å². The van der Waals surface area contributed by atoms with Gasteiger partial charge in [-0.3, -0.25) is 9.36 Å². The summed E-state index contributed by atoms with van der Waals surface area (Å²) in [6, 6.07) is 22.5. The second-order valence-corrected chi connectivity index (χ2v) is 8.76. The van der Waals surface area contributed by atoms with Gasteiger partial charge < -0.3 is 20.2 Å². The number of nitrogen functional groups attached to an aromatic ring is 1. The maximum atomic E-state index is 14.0. The minimum Gasteiger partial charge on any atom is -0.493 e. The van der Waals surface area contributed by atoms with Gasteiger partial charge in [0.2, 0.25) is 0 Å². The molecule has 0 aliphatic heterocycles. The number of benzene rings is 3. The molecule has 0 atom stereocenters. The number of nitrogens with zero attached hydrogens (tertiary/aromatic N) is 2. The molecule has 3 N–H and O–H groups in total. The Morgan fingerprint density at radius 3 is 2.22 bits per heavy atom. The summed E-state index contributed by atoms with van der Waals surface area (Å²) in [4.78, 5) is 21.9. The third-order valence-electron chi connectivity index (χ3n) is 6.06. The monoisotopic (exact) mass is 496 g/mol. The smallest absolute Gasteiger partial charge is 0.269 e. The summed E-state index contributed by atoms with van der Waals surface area (Å²) in [7, 11) is 3.16. The highest BCUT2D eigenvalue weighted by Gasteiger charge is 2.18. The first-order chi connectivity index (χ1) is 17.4. The predicted molar refractivity (Wildman–Crippen MR) is 146 cm³/mol. The molecule has 2 aromatic heterocycles. The van der Waals surface area contributed by atoms with Crippen LogP contribution in [0.4, 0.5) is 5.69 Å². The van der Waals surface area contributed by atoms with E-state index in [0.29, 0.717) is 45.2 Å². The van der Waals surface area contributed by atoms with Crippen LogP contribution in [-0.2, 0) is 0 Å². The Hall–Kier alpha value is -4.43. The third-order valence-corrected chi connectivity index (χ3v) is 6.34. The van der Waals surface area contributed by atoms with E-state index in [-0.39, 0.29) is 10.3 Å². The van der Waals surface area contributed by atoms with Crippen molar-refractivity contribution in [2.45, 2.75) is 6.92 Å². The fraction of sp³-hybridized carbons (Fsp3) is 0.107. The van der Waals surface area contributed by atoms with E-state index in [1.54, 1.807) is 14.2 Å². The number of pyridine rings is 1. The first-order valence-electron chi connectivity index (χ1n) is 11.2. The van der Waals surface area contributed by atoms with E-state index >= 15 is 0 Å². The summed E-state index contributed by atoms with van der Waals surface area (Å²) in [6.45, 7) is 1.99. The fourth-order valence-electron chi connectivity index (χ4n) is 4.17. The van der Waals surface area contributed by atoms with Crippen LogP contribution in [0.15, 0.2) is 77.6 Å². The van der Waals surface area contributed by atoms with E-state index in [1.165, 1.54) is 4.57 Å². The van der Waals surface area contributed by atoms with Gasteiger partial charge in [0.1, 0.15) is 5.65 Å². The molecule has 0 saturated heterocycles. The summed E-state index contributed by atoms with van der Waals surface area (Å²) in [5, 5.41) is 0.413. The van der Waals surface area contributed by atoms with Crippen LogP contribution in [0.1, 0.15) is 5.56 Å². The number of aryl methyl sites for hydroxylation is 1. The number of nitrogens with one attached hydrogen (secondary N) is 1. The summed E-state index contributed by atoms with van der Waals surface area (Å²) >= 11 is 5.61. The van der Waals surface area contributed by atoms with Crippen molar-refractivity contribution in [3.8, 4) is 39.6 Å². The molecule has 7 nitrogen and oxygen atoms in total. The van der Waals surface area contributed by atoms with Crippen LogP contribution in [-0.4, -0.2) is 28.8 Å². The summed E-state index contributed by atoms with van der Waals surface area (Å²) in [5.41, 5.74) is 11.4. The van der Waals surface area contributed by atoms with Crippen LogP contribution in [0.3, 0.4) is 0 Å². The average Bonchev–Trinajstić information content (AvgIpc) is 2.89. The molecule has 36 heavy (non-hydrogen) atoms. The Morgan fingerprint density at radius 1 is 0.889 bits per heavy atom. The quantitative estimate of drug-likeness (QED) is 0.240. The Kier molecular flexibility index (Phi) is 6.03. The number of aromatic amines is 1. The molecular formula is C28H24N4O3S. The van der Waals surface area contributed by atoms with Gasteiger partial charge >= 0.3 is 0 Å². The SMILES string of the molecule is COc1ccc(-c2cc(-c3ccc(N)cc3)nc3[nH]c(=S)n(-c4ccc(C)cc4)c(=O)c23)cc1OC. The van der Waals surface area contributed by atoms with Gasteiger partial charge in [0.25, 0.3) is 5.56 Å². The number of anilines is 1. The molecule has 5 rings (SSSR count). The number of hydrogen-bond donors (Lipinski definition) is 2. The number of fused-ring (bicyclic) bond motifs is 1. The van der Waals surface area contributed by atoms with Gasteiger partial charge in [-0.25, -0.2) is 4.98 Å². The summed E-state index contributed by atoms with van der Waals surface area (Å²) in [6.07, 6.45) is 0. The van der Waals surface area contributed by atoms with Crippen molar-refractivity contribution >= 4 is 28.9 Å². The molecule has 0 aliphatic carbocycles. The zero-order valence-corrected chi connectivity index (χ0v) is 20.8. The van der Waals surface area contributed by atoms with Crippen molar-refractivity contribution in [3.05, 3.63) is 93.5 Å². The van der Waals surface area contributed by atoms with Crippen LogP contribution >= 0.6 is 12.2 Å². The lowest BCUT2D eigenvalue weighted by Gasteiger charge is -2.15. The standard InChI is InChI=1S/C28H24N4O3S/c1-16-4-11-20(12-5-16)32-27(33)25-21(18-8-13-23(34-2)24(14-18)35-3)15-22(30-26(25)31-28(32)36)17-6-9-19(29)10-7-17/h4-15H,29H2,1-3H3,(H,30,31,36). The number of H-pyrrole nitrogens is 1. The molecule has 0 spiro atoms. The number of aromatic nitrogens is 3. The Bertz CT molecular complexity index is 1710. The first-order valence-corrected chi connectivity index (χ1v) is 11.7. The first kappa shape index (κ1) is 23.3. The lowest BCUT2D eigenvalue weighted by molar-refractivity contribution is 0.355. The van der Waals surface area contributed by atoms with E-state index < -0.39 is 0 Å². The van der Waals surface area contributed by atoms with Gasteiger partial charge in [-0.2, -0.15) is 0 Å². The van der Waals surface area contributed by atoms with E-state index in [0.717, 1.165) is 16.7 Å². The molecule has 0 radical (unpaired) electrons. The Labute approximate surface area is 212 Å². The van der Waals surface area contributed by atoms with E-state index in [1.807, 2.05) is 79.7 Å². The predicted octanol–water partition coefficient (Wildman–Crippen LogP) is 5.69. The molecule has 0 amide bonds. The van der Waals surface area contributed by atoms with E-state index in [4.69, 9.17) is 32.4 Å². The lowest BCUT2D eigenvalue weighted by Crippen LogP contribution is -2.21. The van der Waals surface area contributed by atoms with Crippen LogP contribution in [0.2, 0.25) is 0 Å². The van der Waals surface area contributed by atoms with Crippen molar-refractivity contribution in [2.24, 2.45) is 0 Å². The van der Waals surface area contributed by atoms with Crippen molar-refractivity contribution in [2.75, 3.05) is 20.0 Å². The van der Waals surface area contributed by atoms with E-state index in [2.05, 4.69) is 4.98 Å². The molecule has 0 unspecified atom stereocenters. The molecular weight excluding hydrogens is 472 g/mol. The number of hydrogen-bond acceptors (Lipinski definition) is 6. The van der Waals surface area contributed by atoms with Gasteiger partial charge in [-0.05, 0) is 67.2 Å². The number of methoxy groups -OCH3 is 2. The second-order valence-electron chi connectivity index (χ2n) is 8.38. The van der Waals surface area contributed by atoms with Crippen LogP contribution in [0.25, 0.3) is 39.1 Å². The number of rotatable bonds is 5. The minimum absolute atomic E-state index is 0.261. The maximum Gasteiger partial charge on any atom is 0.269 e. The molecule has 8 heteroatoms. The normalized spacial score (nSPS) is 11.0. The third kappa shape index (κ3) is 4.12. The second kappa shape index (κ2) is 9.31. The zero-order valence-electron chi connectivity index (χ0n) is 20.0. The van der Waals surface area contributed by atoms with Gasteiger partial charge in [0.05, 0.1) is 31.0 Å². The molecule has 0 fully saturated rings. The van der Waals surface area contributed by atoms with Gasteiger partial charge in [0, 0.05) is 16.8 Å². The number of ether oxygens (including phenoxy) is 2. The lowest BCUT2D eigenvalue weighted by atomic mass is 9.99. The van der Waals surface area contributed by atoms with Crippen molar-refractivity contribution < 1.29 is 9.47 Å². The van der Waals surface area contributed by atoms with E-state index in [9.17, 15) is 4.79 Å². The molecule has 2 heterocycles. The number of nitrogens with two attached hydrogens (primary N) is 1. The minimum atomic E-state index is -0.265. The van der Waals surface area contributed by atoms with Crippen LogP contribution in [0, 0.1) is 11.7 Å². The van der Waals surface area contributed by atoms with Gasteiger partial charge in [-0.1, -0.05) is 35.9 Å². The summed E-state index contributed by atoms with van der Waals surface area (Å²) < 4.78 is 12.7. The highest BCUT2D eigenvalue weighted by Crippen LogP contribution is 2.36. The van der Waals surface area contributed by atoms with Crippen LogP contribution < -0.4 is 20.8 Å². The van der Waals surface area contributed by atoms with Gasteiger partial charge in [0.15, 0.2) is 16.3 Å². The molecule has 0 saturated carbocycles. The summed E-state index contributed by atoms with van der Waals surface area (Å²) in [5.74, 6) is 1.14. The largest absolute Gasteiger partial charge is 0.493 e. The van der Waals surface area contributed by atoms with Crippen molar-refractivity contribution in [1.29, 1.82) is 0 Å². The van der Waals surface area contributed by atoms with Crippen LogP contribution in [0.5, 0.6) is 11.5 Å². The van der Waals surface area contributed by atoms with Crippen molar-refractivity contribution in [1.82, 2.24) is 14.5 Å². The highest BCUT2D eigenvalue weighted by atomic mass is 32.1. The molecule has 5 aromatic rings. The Morgan fingerprint density at radius 2 is 1.56 bits per heavy atom. The molecule has 0 bridgehead atoms. The fourth-order valence-corrected chi connectivity index (χ4v) is 4.46. The maximum absolute atomic E-state index is 14.0. The molecule has 3 aromatic carbocycles. The topological polar surface area (TPSA) is 95.2 Å².